The molecule has 0 atom stereocenters. The summed E-state index contributed by atoms with van der Waals surface area (Å²) in [7, 11) is 1.48. The molecule has 0 aliphatic heterocycles. The van der Waals surface area contributed by atoms with Crippen LogP contribution in [0, 0.1) is 0 Å². The molecular formula is C22H17ClF3N3O. The van der Waals surface area contributed by atoms with Gasteiger partial charge in [0.15, 0.2) is 0 Å². The van der Waals surface area contributed by atoms with E-state index in [4.69, 9.17) is 11.6 Å². The Balaban J connectivity index is 1.99. The van der Waals surface area contributed by atoms with Crippen molar-refractivity contribution in [3.05, 3.63) is 95.0 Å². The van der Waals surface area contributed by atoms with Crippen LogP contribution in [0.1, 0.15) is 15.9 Å². The van der Waals surface area contributed by atoms with Crippen molar-refractivity contribution in [3.63, 3.8) is 0 Å². The Morgan fingerprint density at radius 2 is 1.63 bits per heavy atom. The average Bonchev–Trinajstić information content (AvgIpc) is 2.75. The maximum Gasteiger partial charge on any atom is 0.416 e. The Hall–Kier alpha value is -3.32. The van der Waals surface area contributed by atoms with Crippen molar-refractivity contribution in [2.45, 2.75) is 6.18 Å². The summed E-state index contributed by atoms with van der Waals surface area (Å²) in [5.74, 6) is -0.521. The third-order valence-electron chi connectivity index (χ3n) is 4.25. The number of halogens is 4. The maximum atomic E-state index is 13.1. The van der Waals surface area contributed by atoms with Gasteiger partial charge in [-0.2, -0.15) is 18.3 Å². The van der Waals surface area contributed by atoms with Crippen LogP contribution in [0.4, 0.5) is 24.5 Å². The molecule has 3 aromatic carbocycles. The van der Waals surface area contributed by atoms with Crippen molar-refractivity contribution in [1.82, 2.24) is 0 Å². The summed E-state index contributed by atoms with van der Waals surface area (Å²) in [5, 5.41) is 4.72. The highest BCUT2D eigenvalue weighted by Gasteiger charge is 2.31. The van der Waals surface area contributed by atoms with Crippen molar-refractivity contribution < 1.29 is 18.0 Å². The van der Waals surface area contributed by atoms with Crippen molar-refractivity contribution in [2.24, 2.45) is 5.10 Å². The van der Waals surface area contributed by atoms with E-state index >= 15 is 0 Å². The zero-order valence-corrected chi connectivity index (χ0v) is 16.6. The van der Waals surface area contributed by atoms with Crippen LogP contribution in [0.5, 0.6) is 0 Å². The van der Waals surface area contributed by atoms with Gasteiger partial charge in [-0.1, -0.05) is 48.0 Å². The molecule has 0 bridgehead atoms. The lowest BCUT2D eigenvalue weighted by molar-refractivity contribution is -0.137. The minimum absolute atomic E-state index is 0.0736. The van der Waals surface area contributed by atoms with E-state index in [1.807, 2.05) is 0 Å². The quantitative estimate of drug-likeness (QED) is 0.229. The third kappa shape index (κ3) is 5.18. The van der Waals surface area contributed by atoms with Gasteiger partial charge < -0.3 is 4.90 Å². The van der Waals surface area contributed by atoms with Gasteiger partial charge in [-0.05, 0) is 42.5 Å². The summed E-state index contributed by atoms with van der Waals surface area (Å²) in [5.41, 5.74) is 3.04. The number of hydrogen-bond donors (Lipinski definition) is 1. The Labute approximate surface area is 176 Å². The van der Waals surface area contributed by atoms with E-state index in [1.54, 1.807) is 54.6 Å². The van der Waals surface area contributed by atoms with E-state index in [0.29, 0.717) is 16.3 Å². The molecule has 0 aliphatic carbocycles. The number of carbonyl (C=O) groups is 1. The van der Waals surface area contributed by atoms with Gasteiger partial charge in [0.05, 0.1) is 11.3 Å². The van der Waals surface area contributed by atoms with E-state index in [9.17, 15) is 18.0 Å². The lowest BCUT2D eigenvalue weighted by Crippen LogP contribution is -2.34. The van der Waals surface area contributed by atoms with Crippen LogP contribution < -0.4 is 10.3 Å². The highest BCUT2D eigenvalue weighted by Crippen LogP contribution is 2.31. The van der Waals surface area contributed by atoms with Crippen molar-refractivity contribution in [1.29, 1.82) is 0 Å². The van der Waals surface area contributed by atoms with Crippen LogP contribution in [0.25, 0.3) is 0 Å². The number of amidine groups is 1. The first-order chi connectivity index (χ1) is 14.3. The van der Waals surface area contributed by atoms with Gasteiger partial charge in [0, 0.05) is 23.3 Å². The largest absolute Gasteiger partial charge is 0.416 e. The minimum Gasteiger partial charge on any atom is -0.325 e. The molecule has 0 spiro atoms. The number of hydrazone groups is 1. The highest BCUT2D eigenvalue weighted by atomic mass is 35.5. The molecule has 0 radical (unpaired) electrons. The Morgan fingerprint density at radius 1 is 0.967 bits per heavy atom. The fourth-order valence-corrected chi connectivity index (χ4v) is 2.78. The van der Waals surface area contributed by atoms with Crippen LogP contribution >= 0.6 is 11.6 Å². The molecule has 4 nitrogen and oxygen atoms in total. The van der Waals surface area contributed by atoms with Gasteiger partial charge in [0.2, 0.25) is 11.6 Å². The van der Waals surface area contributed by atoms with Crippen LogP contribution in [-0.4, -0.2) is 18.7 Å². The smallest absolute Gasteiger partial charge is 0.325 e. The molecule has 3 rings (SSSR count). The Kier molecular flexibility index (Phi) is 6.42. The van der Waals surface area contributed by atoms with E-state index < -0.39 is 17.5 Å². The van der Waals surface area contributed by atoms with Crippen LogP contribution in [0.15, 0.2) is 84.0 Å². The van der Waals surface area contributed by atoms with Crippen molar-refractivity contribution in [2.75, 3.05) is 17.4 Å². The standard InChI is InChI=1S/C22H17ClF3N3O/c1-29(19-9-5-8-16(14-19)22(24,25)26)21(20(30)15-6-3-2-4-7-15)28-27-18-12-10-17(23)11-13-18/h2-14,27H,1H3/b28-21+. The number of hydrogen-bond acceptors (Lipinski definition) is 3. The first kappa shape index (κ1) is 21.4. The molecule has 0 amide bonds. The second-order valence-electron chi connectivity index (χ2n) is 6.36. The Morgan fingerprint density at radius 3 is 2.27 bits per heavy atom. The zero-order valence-electron chi connectivity index (χ0n) is 15.8. The summed E-state index contributed by atoms with van der Waals surface area (Å²) < 4.78 is 39.4. The van der Waals surface area contributed by atoms with Crippen molar-refractivity contribution in [3.8, 4) is 0 Å². The summed E-state index contributed by atoms with van der Waals surface area (Å²) in [6, 6.07) is 19.7. The lowest BCUT2D eigenvalue weighted by atomic mass is 10.1. The third-order valence-corrected chi connectivity index (χ3v) is 4.50. The molecule has 0 aromatic heterocycles. The SMILES string of the molecule is CN(/C(=N/Nc1ccc(Cl)cc1)C(=O)c1ccccc1)c1cccc(C(F)(F)F)c1. The fourth-order valence-electron chi connectivity index (χ4n) is 2.65. The van der Waals surface area contributed by atoms with Gasteiger partial charge in [-0.25, -0.2) is 0 Å². The molecule has 1 N–H and O–H groups in total. The summed E-state index contributed by atoms with van der Waals surface area (Å²) in [6.45, 7) is 0. The molecular weight excluding hydrogens is 415 g/mol. The minimum atomic E-state index is -4.50. The molecule has 0 aliphatic rings. The Bertz CT molecular complexity index is 1050. The maximum absolute atomic E-state index is 13.1. The predicted molar refractivity (Wildman–Crippen MR) is 113 cm³/mol. The monoisotopic (exact) mass is 431 g/mol. The van der Waals surface area contributed by atoms with Gasteiger partial charge in [0.25, 0.3) is 0 Å². The van der Waals surface area contributed by atoms with E-state index in [1.165, 1.54) is 24.1 Å². The molecule has 0 saturated heterocycles. The number of nitrogens with zero attached hydrogens (tertiary/aromatic N) is 2. The summed E-state index contributed by atoms with van der Waals surface area (Å²) in [6.07, 6.45) is -4.50. The average molecular weight is 432 g/mol. The number of anilines is 2. The molecule has 3 aromatic rings. The van der Waals surface area contributed by atoms with Crippen LogP contribution in [-0.2, 0) is 6.18 Å². The second-order valence-corrected chi connectivity index (χ2v) is 6.79. The number of Topliss-reactive ketones (excluding diaryl/α,β-unsaturated/α-hetero) is 1. The molecule has 0 unspecified atom stereocenters. The second kappa shape index (κ2) is 9.00. The van der Waals surface area contributed by atoms with Gasteiger partial charge in [-0.15, -0.1) is 0 Å². The highest BCUT2D eigenvalue weighted by molar-refractivity contribution is 6.49. The number of carbonyl (C=O) groups excluding carboxylic acids is 1. The van der Waals surface area contributed by atoms with Crippen LogP contribution in [0.2, 0.25) is 5.02 Å². The zero-order chi connectivity index (χ0) is 21.7. The fraction of sp³-hybridized carbons (Fsp3) is 0.0909. The first-order valence-electron chi connectivity index (χ1n) is 8.86. The predicted octanol–water partition coefficient (Wildman–Crippen LogP) is 6.10. The normalized spacial score (nSPS) is 11.8. The van der Waals surface area contributed by atoms with Gasteiger partial charge in [0.1, 0.15) is 0 Å². The summed E-state index contributed by atoms with van der Waals surface area (Å²) in [4.78, 5) is 14.4. The molecule has 0 saturated carbocycles. The van der Waals surface area contributed by atoms with E-state index in [-0.39, 0.29) is 11.5 Å². The number of alkyl halides is 3. The molecule has 30 heavy (non-hydrogen) atoms. The number of rotatable bonds is 5. The topological polar surface area (TPSA) is 44.7 Å². The molecule has 8 heteroatoms. The number of ketones is 1. The van der Waals surface area contributed by atoms with E-state index in [0.717, 1.165) is 12.1 Å². The van der Waals surface area contributed by atoms with E-state index in [2.05, 4.69) is 10.5 Å². The molecule has 154 valence electrons. The number of nitrogens with one attached hydrogen (secondary N) is 1. The van der Waals surface area contributed by atoms with Crippen LogP contribution in [0.3, 0.4) is 0 Å². The molecule has 0 heterocycles. The van der Waals surface area contributed by atoms with Gasteiger partial charge >= 0.3 is 6.18 Å². The lowest BCUT2D eigenvalue weighted by Gasteiger charge is -2.22. The molecule has 0 fully saturated rings. The number of likely N-dealkylation sites (N-methyl/N-ethyl adjacent to an activating group) is 1. The van der Waals surface area contributed by atoms with Crippen molar-refractivity contribution >= 4 is 34.6 Å². The first-order valence-corrected chi connectivity index (χ1v) is 9.23. The number of benzene rings is 3. The van der Waals surface area contributed by atoms with Gasteiger partial charge in [-0.3, -0.25) is 10.2 Å². The summed E-state index contributed by atoms with van der Waals surface area (Å²) >= 11 is 5.87.